The molecule has 1 aromatic heterocycles. The summed E-state index contributed by atoms with van der Waals surface area (Å²) >= 11 is 0. The molecular formula is C15H21ClN6O. The van der Waals surface area contributed by atoms with Crippen molar-refractivity contribution in [1.82, 2.24) is 25.5 Å². The Kier molecular flexibility index (Phi) is 5.68. The van der Waals surface area contributed by atoms with E-state index in [1.165, 1.54) is 6.33 Å². The van der Waals surface area contributed by atoms with E-state index in [1.54, 1.807) is 4.68 Å². The summed E-state index contributed by atoms with van der Waals surface area (Å²) in [5.41, 5.74) is 7.48. The molecule has 0 unspecified atom stereocenters. The van der Waals surface area contributed by atoms with Gasteiger partial charge in [0.2, 0.25) is 5.91 Å². The minimum absolute atomic E-state index is 0. The third-order valence-corrected chi connectivity index (χ3v) is 4.27. The molecule has 0 aliphatic heterocycles. The molecule has 1 aliphatic carbocycles. The lowest BCUT2D eigenvalue weighted by molar-refractivity contribution is -0.122. The van der Waals surface area contributed by atoms with Crippen LogP contribution in [-0.2, 0) is 11.2 Å². The Morgan fingerprint density at radius 1 is 1.26 bits per heavy atom. The van der Waals surface area contributed by atoms with E-state index in [9.17, 15) is 4.79 Å². The number of hydrogen-bond acceptors (Lipinski definition) is 5. The summed E-state index contributed by atoms with van der Waals surface area (Å²) in [6.45, 7) is 0.511. The minimum Gasteiger partial charge on any atom is -0.349 e. The van der Waals surface area contributed by atoms with E-state index in [4.69, 9.17) is 5.73 Å². The normalized spacial score (nSPS) is 15.9. The summed E-state index contributed by atoms with van der Waals surface area (Å²) in [6.07, 6.45) is 6.13. The zero-order valence-electron chi connectivity index (χ0n) is 12.8. The first kappa shape index (κ1) is 17.4. The molecule has 0 radical (unpaired) electrons. The fraction of sp³-hybridized carbons (Fsp3) is 0.467. The van der Waals surface area contributed by atoms with Crippen molar-refractivity contribution in [2.75, 3.05) is 6.54 Å². The molecule has 23 heavy (non-hydrogen) atoms. The first-order chi connectivity index (χ1) is 10.7. The molecule has 124 valence electrons. The first-order valence-electron chi connectivity index (χ1n) is 7.54. The lowest BCUT2D eigenvalue weighted by Gasteiger charge is -2.28. The van der Waals surface area contributed by atoms with Gasteiger partial charge in [0.05, 0.1) is 17.6 Å². The number of benzene rings is 1. The Morgan fingerprint density at radius 3 is 2.52 bits per heavy atom. The number of amides is 1. The van der Waals surface area contributed by atoms with E-state index >= 15 is 0 Å². The van der Waals surface area contributed by atoms with Crippen LogP contribution in [0.2, 0.25) is 0 Å². The number of nitrogens with two attached hydrogens (primary N) is 1. The number of carbonyl (C=O) groups is 1. The SMILES string of the molecule is Cl.NCC1(NC(=O)Cc2ccc(-n3cnnn3)cc2)CCCC1. The van der Waals surface area contributed by atoms with Crippen LogP contribution in [0.4, 0.5) is 0 Å². The van der Waals surface area contributed by atoms with E-state index in [0.29, 0.717) is 13.0 Å². The Bertz CT molecular complexity index is 622. The number of hydrogen-bond donors (Lipinski definition) is 2. The molecule has 7 nitrogen and oxygen atoms in total. The molecule has 3 N–H and O–H groups in total. The summed E-state index contributed by atoms with van der Waals surface area (Å²) < 4.78 is 1.58. The number of rotatable bonds is 5. The maximum atomic E-state index is 12.2. The van der Waals surface area contributed by atoms with Gasteiger partial charge in [0.15, 0.2) is 0 Å². The minimum atomic E-state index is -0.191. The maximum Gasteiger partial charge on any atom is 0.224 e. The molecule has 0 atom stereocenters. The monoisotopic (exact) mass is 336 g/mol. The molecule has 1 fully saturated rings. The van der Waals surface area contributed by atoms with Crippen LogP contribution in [0.1, 0.15) is 31.2 Å². The number of nitrogens with one attached hydrogen (secondary N) is 1. The van der Waals surface area contributed by atoms with Crippen LogP contribution in [0.5, 0.6) is 0 Å². The van der Waals surface area contributed by atoms with Crippen LogP contribution < -0.4 is 11.1 Å². The number of halogens is 1. The van der Waals surface area contributed by atoms with Gasteiger partial charge in [-0.2, -0.15) is 0 Å². The standard InChI is InChI=1S/C15H20N6O.ClH/c16-10-15(7-1-2-8-15)18-14(22)9-12-3-5-13(6-4-12)21-11-17-19-20-21;/h3-6,11H,1-2,7-10,16H2,(H,18,22);1H. The van der Waals surface area contributed by atoms with Gasteiger partial charge in [0, 0.05) is 6.54 Å². The van der Waals surface area contributed by atoms with E-state index in [-0.39, 0.29) is 23.9 Å². The van der Waals surface area contributed by atoms with Gasteiger partial charge in [-0.1, -0.05) is 25.0 Å². The van der Waals surface area contributed by atoms with Crippen molar-refractivity contribution in [2.24, 2.45) is 5.73 Å². The molecule has 8 heteroatoms. The zero-order chi connectivity index (χ0) is 15.4. The Labute approximate surface area is 141 Å². The topological polar surface area (TPSA) is 98.7 Å². The predicted molar refractivity (Wildman–Crippen MR) is 88.5 cm³/mol. The van der Waals surface area contributed by atoms with E-state index in [2.05, 4.69) is 20.8 Å². The smallest absolute Gasteiger partial charge is 0.224 e. The molecule has 1 amide bonds. The van der Waals surface area contributed by atoms with Crippen LogP contribution in [-0.4, -0.2) is 38.2 Å². The van der Waals surface area contributed by atoms with E-state index in [1.807, 2.05) is 24.3 Å². The van der Waals surface area contributed by atoms with Gasteiger partial charge in [-0.05, 0) is 41.0 Å². The van der Waals surface area contributed by atoms with Gasteiger partial charge in [0.1, 0.15) is 6.33 Å². The Balaban J connectivity index is 0.00000192. The van der Waals surface area contributed by atoms with Crippen LogP contribution >= 0.6 is 12.4 Å². The lowest BCUT2D eigenvalue weighted by atomic mass is 9.97. The Morgan fingerprint density at radius 2 is 1.96 bits per heavy atom. The van der Waals surface area contributed by atoms with Gasteiger partial charge < -0.3 is 11.1 Å². The maximum absolute atomic E-state index is 12.2. The second kappa shape index (κ2) is 7.52. The van der Waals surface area contributed by atoms with Crippen molar-refractivity contribution in [1.29, 1.82) is 0 Å². The third-order valence-electron chi connectivity index (χ3n) is 4.27. The van der Waals surface area contributed by atoms with Crippen molar-refractivity contribution in [3.05, 3.63) is 36.2 Å². The summed E-state index contributed by atoms with van der Waals surface area (Å²) in [7, 11) is 0. The van der Waals surface area contributed by atoms with Crippen LogP contribution in [0.25, 0.3) is 5.69 Å². The molecule has 1 heterocycles. The number of carbonyl (C=O) groups excluding carboxylic acids is 1. The number of tetrazole rings is 1. The fourth-order valence-electron chi connectivity index (χ4n) is 3.00. The molecule has 0 bridgehead atoms. The van der Waals surface area contributed by atoms with Gasteiger partial charge in [-0.3, -0.25) is 4.79 Å². The van der Waals surface area contributed by atoms with Crippen LogP contribution in [0, 0.1) is 0 Å². The second-order valence-corrected chi connectivity index (χ2v) is 5.84. The molecule has 3 rings (SSSR count). The quantitative estimate of drug-likeness (QED) is 0.849. The number of nitrogens with zero attached hydrogens (tertiary/aromatic N) is 4. The Hall–Kier alpha value is -1.99. The highest BCUT2D eigenvalue weighted by Gasteiger charge is 2.33. The largest absolute Gasteiger partial charge is 0.349 e. The van der Waals surface area contributed by atoms with E-state index < -0.39 is 0 Å². The summed E-state index contributed by atoms with van der Waals surface area (Å²) in [5, 5.41) is 14.2. The van der Waals surface area contributed by atoms with Crippen LogP contribution in [0.15, 0.2) is 30.6 Å². The van der Waals surface area contributed by atoms with E-state index in [0.717, 1.165) is 36.9 Å². The zero-order valence-corrected chi connectivity index (χ0v) is 13.6. The molecule has 0 spiro atoms. The van der Waals surface area contributed by atoms with Crippen LogP contribution in [0.3, 0.4) is 0 Å². The van der Waals surface area contributed by atoms with Crippen molar-refractivity contribution in [2.45, 2.75) is 37.6 Å². The molecule has 1 aliphatic rings. The first-order valence-corrected chi connectivity index (χ1v) is 7.54. The summed E-state index contributed by atoms with van der Waals surface area (Å²) in [4.78, 5) is 12.2. The molecule has 1 aromatic carbocycles. The van der Waals surface area contributed by atoms with Gasteiger partial charge in [-0.15, -0.1) is 17.5 Å². The fourth-order valence-corrected chi connectivity index (χ4v) is 3.00. The highest BCUT2D eigenvalue weighted by Crippen LogP contribution is 2.28. The lowest BCUT2D eigenvalue weighted by Crippen LogP contribution is -2.52. The van der Waals surface area contributed by atoms with Crippen molar-refractivity contribution < 1.29 is 4.79 Å². The average Bonchev–Trinajstić information content (AvgIpc) is 3.20. The highest BCUT2D eigenvalue weighted by atomic mass is 35.5. The summed E-state index contributed by atoms with van der Waals surface area (Å²) in [6, 6.07) is 7.63. The van der Waals surface area contributed by atoms with Gasteiger partial charge in [0.25, 0.3) is 0 Å². The highest BCUT2D eigenvalue weighted by molar-refractivity contribution is 5.85. The molecule has 0 saturated heterocycles. The van der Waals surface area contributed by atoms with Gasteiger partial charge in [-0.25, -0.2) is 4.68 Å². The second-order valence-electron chi connectivity index (χ2n) is 5.84. The predicted octanol–water partition coefficient (Wildman–Crippen LogP) is 1.01. The number of aromatic nitrogens is 4. The third kappa shape index (κ3) is 4.05. The molecular weight excluding hydrogens is 316 g/mol. The molecule has 2 aromatic rings. The van der Waals surface area contributed by atoms with Crippen molar-refractivity contribution in [3.8, 4) is 5.69 Å². The van der Waals surface area contributed by atoms with Crippen molar-refractivity contribution >= 4 is 18.3 Å². The van der Waals surface area contributed by atoms with Crippen molar-refractivity contribution in [3.63, 3.8) is 0 Å². The molecule has 1 saturated carbocycles. The summed E-state index contributed by atoms with van der Waals surface area (Å²) in [5.74, 6) is 0.0301. The average molecular weight is 337 g/mol. The van der Waals surface area contributed by atoms with Gasteiger partial charge >= 0.3 is 0 Å².